The van der Waals surface area contributed by atoms with Gasteiger partial charge < -0.3 is 18.9 Å². The van der Waals surface area contributed by atoms with Crippen molar-refractivity contribution >= 4 is 23.9 Å². The standard InChI is InChI=1S/C17H16O8/c1-22-14(18)8-5-4-7-10-6-9(15(19)23-2)13(17(21)25-10)11(7)12(8)16(20)24-3/h4-5,9-10,13H,6H2,1-3H3/t9-,10-,13+/m0/s1. The number of rotatable bonds is 3. The molecule has 1 fully saturated rings. The first kappa shape index (κ1) is 16.9. The van der Waals surface area contributed by atoms with Gasteiger partial charge in [-0.3, -0.25) is 9.59 Å². The van der Waals surface area contributed by atoms with E-state index in [4.69, 9.17) is 18.9 Å². The van der Waals surface area contributed by atoms with Crippen LogP contribution in [-0.4, -0.2) is 45.2 Å². The average molecular weight is 348 g/mol. The first-order chi connectivity index (χ1) is 11.9. The molecule has 1 aliphatic carbocycles. The second-order valence-electron chi connectivity index (χ2n) is 5.74. The van der Waals surface area contributed by atoms with Crippen LogP contribution in [0.25, 0.3) is 0 Å². The summed E-state index contributed by atoms with van der Waals surface area (Å²) in [5.41, 5.74) is 0.750. The Morgan fingerprint density at radius 3 is 2.32 bits per heavy atom. The minimum absolute atomic E-state index is 0.0305. The predicted octanol–water partition coefficient (Wildman–Crippen LogP) is 1.13. The summed E-state index contributed by atoms with van der Waals surface area (Å²) >= 11 is 0. The van der Waals surface area contributed by atoms with Crippen LogP contribution in [0.4, 0.5) is 0 Å². The van der Waals surface area contributed by atoms with Crippen molar-refractivity contribution in [1.29, 1.82) is 0 Å². The summed E-state index contributed by atoms with van der Waals surface area (Å²) in [6.07, 6.45) is -0.430. The molecule has 1 saturated heterocycles. The van der Waals surface area contributed by atoms with E-state index in [2.05, 4.69) is 0 Å². The van der Waals surface area contributed by atoms with Gasteiger partial charge in [0.2, 0.25) is 0 Å². The largest absolute Gasteiger partial charge is 0.469 e. The highest BCUT2D eigenvalue weighted by molar-refractivity contribution is 6.06. The average Bonchev–Trinajstić information content (AvgIpc) is 2.64. The molecule has 3 atom stereocenters. The predicted molar refractivity (Wildman–Crippen MR) is 80.8 cm³/mol. The number of ether oxygens (including phenoxy) is 4. The summed E-state index contributed by atoms with van der Waals surface area (Å²) in [7, 11) is 3.57. The summed E-state index contributed by atoms with van der Waals surface area (Å²) < 4.78 is 19.6. The third-order valence-electron chi connectivity index (χ3n) is 4.62. The molecule has 2 heterocycles. The fourth-order valence-corrected chi connectivity index (χ4v) is 3.54. The van der Waals surface area contributed by atoms with E-state index in [1.54, 1.807) is 6.07 Å². The number of fused-ring (bicyclic) bond motifs is 2. The van der Waals surface area contributed by atoms with Gasteiger partial charge in [0.1, 0.15) is 6.10 Å². The molecule has 0 unspecified atom stereocenters. The molecule has 0 amide bonds. The van der Waals surface area contributed by atoms with Crippen molar-refractivity contribution in [3.63, 3.8) is 0 Å². The maximum Gasteiger partial charge on any atom is 0.339 e. The van der Waals surface area contributed by atoms with E-state index in [-0.39, 0.29) is 23.1 Å². The lowest BCUT2D eigenvalue weighted by molar-refractivity contribution is -0.172. The van der Waals surface area contributed by atoms with Gasteiger partial charge in [-0.2, -0.15) is 0 Å². The fourth-order valence-electron chi connectivity index (χ4n) is 3.54. The fraction of sp³-hybridized carbons (Fsp3) is 0.412. The highest BCUT2D eigenvalue weighted by Crippen LogP contribution is 2.51. The molecular formula is C17H16O8. The van der Waals surface area contributed by atoms with Crippen LogP contribution >= 0.6 is 0 Å². The highest BCUT2D eigenvalue weighted by Gasteiger charge is 2.52. The van der Waals surface area contributed by atoms with Gasteiger partial charge in [-0.15, -0.1) is 0 Å². The van der Waals surface area contributed by atoms with Crippen molar-refractivity contribution in [2.75, 3.05) is 21.3 Å². The summed E-state index contributed by atoms with van der Waals surface area (Å²) in [5, 5.41) is 0. The van der Waals surface area contributed by atoms with Crippen LogP contribution in [0, 0.1) is 5.92 Å². The number of hydrogen-bond donors (Lipinski definition) is 0. The van der Waals surface area contributed by atoms with Gasteiger partial charge in [-0.1, -0.05) is 6.07 Å². The molecule has 1 aromatic carbocycles. The van der Waals surface area contributed by atoms with Crippen LogP contribution in [0.2, 0.25) is 0 Å². The highest BCUT2D eigenvalue weighted by atomic mass is 16.6. The third-order valence-corrected chi connectivity index (χ3v) is 4.62. The maximum atomic E-state index is 12.4. The zero-order valence-electron chi connectivity index (χ0n) is 13.9. The Labute approximate surface area is 143 Å². The first-order valence-corrected chi connectivity index (χ1v) is 7.56. The normalized spacial score (nSPS) is 23.3. The molecular weight excluding hydrogens is 332 g/mol. The van der Waals surface area contributed by atoms with Crippen molar-refractivity contribution in [1.82, 2.24) is 0 Å². The Bertz CT molecular complexity index is 781. The molecule has 0 radical (unpaired) electrons. The van der Waals surface area contributed by atoms with Crippen LogP contribution in [-0.2, 0) is 28.5 Å². The van der Waals surface area contributed by atoms with Crippen LogP contribution in [0.1, 0.15) is 50.3 Å². The first-order valence-electron chi connectivity index (χ1n) is 7.56. The van der Waals surface area contributed by atoms with Crippen molar-refractivity contribution in [2.45, 2.75) is 18.4 Å². The van der Waals surface area contributed by atoms with E-state index in [9.17, 15) is 19.2 Å². The zero-order chi connectivity index (χ0) is 18.3. The molecule has 2 aliphatic heterocycles. The van der Waals surface area contributed by atoms with Crippen LogP contribution < -0.4 is 0 Å². The maximum absolute atomic E-state index is 12.4. The quantitative estimate of drug-likeness (QED) is 0.591. The molecule has 2 bridgehead atoms. The monoisotopic (exact) mass is 348 g/mol. The Balaban J connectivity index is 2.27. The smallest absolute Gasteiger partial charge is 0.339 e. The topological polar surface area (TPSA) is 105 Å². The lowest BCUT2D eigenvalue weighted by Gasteiger charge is -2.41. The molecule has 25 heavy (non-hydrogen) atoms. The molecule has 0 spiro atoms. The SMILES string of the molecule is COC(=O)c1ccc2c(c1C(=O)OC)[C@@H]1C(=O)O[C@H]2C[C@@H]1C(=O)OC. The Morgan fingerprint density at radius 2 is 1.72 bits per heavy atom. The summed E-state index contributed by atoms with van der Waals surface area (Å²) in [6.45, 7) is 0. The summed E-state index contributed by atoms with van der Waals surface area (Å²) in [5.74, 6) is -4.57. The lowest BCUT2D eigenvalue weighted by atomic mass is 9.69. The van der Waals surface area contributed by atoms with Gasteiger partial charge in [-0.05, 0) is 17.2 Å². The van der Waals surface area contributed by atoms with Gasteiger partial charge in [0.05, 0.1) is 44.3 Å². The lowest BCUT2D eigenvalue weighted by Crippen LogP contribution is -2.43. The molecule has 0 saturated carbocycles. The van der Waals surface area contributed by atoms with Crippen molar-refractivity contribution < 1.29 is 38.1 Å². The van der Waals surface area contributed by atoms with Crippen molar-refractivity contribution in [3.05, 3.63) is 34.4 Å². The molecule has 0 aromatic heterocycles. The molecule has 3 aliphatic rings. The van der Waals surface area contributed by atoms with Gasteiger partial charge in [-0.25, -0.2) is 9.59 Å². The number of carbonyl (C=O) groups excluding carboxylic acids is 4. The van der Waals surface area contributed by atoms with Gasteiger partial charge in [0, 0.05) is 6.42 Å². The zero-order valence-corrected chi connectivity index (χ0v) is 13.9. The van der Waals surface area contributed by atoms with Crippen LogP contribution in [0.15, 0.2) is 12.1 Å². The Kier molecular flexibility index (Phi) is 4.20. The van der Waals surface area contributed by atoms with Crippen LogP contribution in [0.3, 0.4) is 0 Å². The van der Waals surface area contributed by atoms with E-state index < -0.39 is 41.8 Å². The minimum atomic E-state index is -1.04. The van der Waals surface area contributed by atoms with E-state index in [1.165, 1.54) is 27.4 Å². The molecule has 8 heteroatoms. The number of benzene rings is 1. The molecule has 0 N–H and O–H groups in total. The molecule has 4 rings (SSSR count). The van der Waals surface area contributed by atoms with E-state index in [0.717, 1.165) is 0 Å². The molecule has 132 valence electrons. The second-order valence-corrected chi connectivity index (χ2v) is 5.74. The third kappa shape index (κ3) is 2.45. The van der Waals surface area contributed by atoms with Gasteiger partial charge >= 0.3 is 23.9 Å². The minimum Gasteiger partial charge on any atom is -0.469 e. The molecule has 1 aromatic rings. The number of esters is 4. The Morgan fingerprint density at radius 1 is 1.04 bits per heavy atom. The molecule has 8 nitrogen and oxygen atoms in total. The second kappa shape index (κ2) is 6.19. The van der Waals surface area contributed by atoms with Gasteiger partial charge in [0.15, 0.2) is 0 Å². The van der Waals surface area contributed by atoms with E-state index >= 15 is 0 Å². The number of carbonyl (C=O) groups is 4. The van der Waals surface area contributed by atoms with Crippen molar-refractivity contribution in [2.24, 2.45) is 5.92 Å². The summed E-state index contributed by atoms with van der Waals surface area (Å²) in [4.78, 5) is 48.9. The van der Waals surface area contributed by atoms with Crippen molar-refractivity contribution in [3.8, 4) is 0 Å². The Hall–Kier alpha value is -2.90. The van der Waals surface area contributed by atoms with Crippen LogP contribution in [0.5, 0.6) is 0 Å². The summed E-state index contributed by atoms with van der Waals surface area (Å²) in [6, 6.07) is 3.03. The number of hydrogen-bond acceptors (Lipinski definition) is 8. The van der Waals surface area contributed by atoms with E-state index in [1.807, 2.05) is 0 Å². The van der Waals surface area contributed by atoms with E-state index in [0.29, 0.717) is 5.56 Å². The number of methoxy groups -OCH3 is 3. The van der Waals surface area contributed by atoms with Gasteiger partial charge in [0.25, 0.3) is 0 Å².